The van der Waals surface area contributed by atoms with Crippen molar-refractivity contribution in [2.24, 2.45) is 0 Å². The molecule has 2 aliphatic rings. The average molecular weight is 397 g/mol. The highest BCUT2D eigenvalue weighted by molar-refractivity contribution is 7.09. The van der Waals surface area contributed by atoms with E-state index in [0.717, 1.165) is 44.9 Å². The molecule has 0 saturated carbocycles. The normalized spacial score (nSPS) is 21.8. The number of hydrogen-bond donors (Lipinski definition) is 0. The minimum absolute atomic E-state index is 0.327. The van der Waals surface area contributed by atoms with Crippen molar-refractivity contribution in [1.82, 2.24) is 24.2 Å². The molecule has 2 aliphatic heterocycles. The molecular formula is C21H28N6S. The topological polar surface area (TPSA) is 39.9 Å². The van der Waals surface area contributed by atoms with Crippen LogP contribution in [0.3, 0.4) is 0 Å². The van der Waals surface area contributed by atoms with Gasteiger partial charge in [-0.1, -0.05) is 6.07 Å². The number of rotatable bonds is 4. The number of likely N-dealkylation sites (N-methyl/N-ethyl adjacent to an activating group) is 1. The first kappa shape index (κ1) is 18.1. The maximum Gasteiger partial charge on any atom is 0.138 e. The van der Waals surface area contributed by atoms with Crippen LogP contribution in [0, 0.1) is 6.92 Å². The summed E-state index contributed by atoms with van der Waals surface area (Å²) < 4.78 is 2.29. The van der Waals surface area contributed by atoms with Gasteiger partial charge in [-0.15, -0.1) is 11.3 Å². The molecule has 3 aromatic rings. The SMILES string of the molecule is Cc1ncsc1CN1CCN(C)[C@@H](c2cn3c(N4CCCC4)cccc3n2)C1. The van der Waals surface area contributed by atoms with Gasteiger partial charge in [0.1, 0.15) is 11.5 Å². The van der Waals surface area contributed by atoms with Crippen LogP contribution in [0.1, 0.15) is 35.1 Å². The summed E-state index contributed by atoms with van der Waals surface area (Å²) in [6.45, 7) is 8.58. The molecular weight excluding hydrogens is 368 g/mol. The highest BCUT2D eigenvalue weighted by atomic mass is 32.1. The highest BCUT2D eigenvalue weighted by Crippen LogP contribution is 2.28. The minimum Gasteiger partial charge on any atom is -0.358 e. The Kier molecular flexibility index (Phi) is 4.82. The molecule has 0 aliphatic carbocycles. The lowest BCUT2D eigenvalue weighted by atomic mass is 10.1. The molecule has 2 fully saturated rings. The Morgan fingerprint density at radius 1 is 1.14 bits per heavy atom. The summed E-state index contributed by atoms with van der Waals surface area (Å²) in [4.78, 5) is 18.3. The molecule has 2 saturated heterocycles. The maximum absolute atomic E-state index is 5.03. The van der Waals surface area contributed by atoms with E-state index >= 15 is 0 Å². The van der Waals surface area contributed by atoms with Gasteiger partial charge in [0.05, 0.1) is 22.9 Å². The number of hydrogen-bond acceptors (Lipinski definition) is 6. The van der Waals surface area contributed by atoms with Crippen LogP contribution in [0.25, 0.3) is 5.65 Å². The van der Waals surface area contributed by atoms with Gasteiger partial charge in [-0.2, -0.15) is 0 Å². The zero-order valence-corrected chi connectivity index (χ0v) is 17.5. The highest BCUT2D eigenvalue weighted by Gasteiger charge is 2.28. The number of imidazole rings is 1. The van der Waals surface area contributed by atoms with Crippen LogP contribution in [-0.2, 0) is 6.54 Å². The van der Waals surface area contributed by atoms with Crippen LogP contribution >= 0.6 is 11.3 Å². The summed E-state index contributed by atoms with van der Waals surface area (Å²) in [6.07, 6.45) is 4.84. The molecule has 6 nitrogen and oxygen atoms in total. The second-order valence-electron chi connectivity index (χ2n) is 8.06. The number of aryl methyl sites for hydroxylation is 1. The van der Waals surface area contributed by atoms with Crippen LogP contribution in [0.2, 0.25) is 0 Å². The molecule has 1 atom stereocenters. The smallest absolute Gasteiger partial charge is 0.138 e. The molecule has 0 radical (unpaired) electrons. The van der Waals surface area contributed by atoms with Crippen molar-refractivity contribution in [2.75, 3.05) is 44.7 Å². The van der Waals surface area contributed by atoms with Crippen molar-refractivity contribution in [3.8, 4) is 0 Å². The van der Waals surface area contributed by atoms with E-state index in [4.69, 9.17) is 4.98 Å². The standard InChI is InChI=1S/C21H28N6S/c1-16-19(28-15-22-16)14-25-11-10-24(2)18(13-25)17-12-27-20(23-17)6-5-7-21(27)26-8-3-4-9-26/h5-7,12,15,18H,3-4,8-11,13-14H2,1-2H3/t18-/m1/s1. The Bertz CT molecular complexity index is 957. The summed E-state index contributed by atoms with van der Waals surface area (Å²) in [5, 5.41) is 0. The van der Waals surface area contributed by atoms with Gasteiger partial charge in [-0.05, 0) is 38.9 Å². The molecule has 7 heteroatoms. The molecule has 5 rings (SSSR count). The largest absolute Gasteiger partial charge is 0.358 e. The van der Waals surface area contributed by atoms with E-state index in [1.54, 1.807) is 11.3 Å². The fourth-order valence-electron chi connectivity index (χ4n) is 4.45. The van der Waals surface area contributed by atoms with Gasteiger partial charge in [0.25, 0.3) is 0 Å². The van der Waals surface area contributed by atoms with Crippen LogP contribution in [0.5, 0.6) is 0 Å². The van der Waals surface area contributed by atoms with E-state index in [2.05, 4.69) is 62.5 Å². The number of anilines is 1. The third-order valence-corrected chi connectivity index (χ3v) is 7.12. The van der Waals surface area contributed by atoms with Crippen LogP contribution in [0.4, 0.5) is 5.82 Å². The Labute approximate surface area is 170 Å². The van der Waals surface area contributed by atoms with E-state index < -0.39 is 0 Å². The van der Waals surface area contributed by atoms with Crippen molar-refractivity contribution >= 4 is 22.8 Å². The van der Waals surface area contributed by atoms with E-state index in [0.29, 0.717) is 6.04 Å². The Morgan fingerprint density at radius 2 is 2.00 bits per heavy atom. The number of piperazine rings is 1. The van der Waals surface area contributed by atoms with Crippen molar-refractivity contribution < 1.29 is 0 Å². The molecule has 0 aromatic carbocycles. The summed E-state index contributed by atoms with van der Waals surface area (Å²) in [5.41, 5.74) is 5.37. The van der Waals surface area contributed by atoms with E-state index in [1.807, 2.05) is 5.51 Å². The third kappa shape index (κ3) is 3.32. The summed E-state index contributed by atoms with van der Waals surface area (Å²) in [7, 11) is 2.23. The number of fused-ring (bicyclic) bond motifs is 1. The predicted molar refractivity (Wildman–Crippen MR) is 114 cm³/mol. The first-order valence-corrected chi connectivity index (χ1v) is 11.1. The van der Waals surface area contributed by atoms with Crippen molar-refractivity contribution in [3.05, 3.63) is 46.2 Å². The van der Waals surface area contributed by atoms with Crippen molar-refractivity contribution in [2.45, 2.75) is 32.4 Å². The zero-order chi connectivity index (χ0) is 19.1. The molecule has 28 heavy (non-hydrogen) atoms. The minimum atomic E-state index is 0.327. The summed E-state index contributed by atoms with van der Waals surface area (Å²) >= 11 is 1.77. The number of thiazole rings is 1. The predicted octanol–water partition coefficient (Wildman–Crippen LogP) is 3.19. The van der Waals surface area contributed by atoms with Crippen LogP contribution in [0.15, 0.2) is 29.9 Å². The van der Waals surface area contributed by atoms with Gasteiger partial charge in [-0.3, -0.25) is 14.2 Å². The van der Waals surface area contributed by atoms with Gasteiger partial charge in [0, 0.05) is 50.3 Å². The van der Waals surface area contributed by atoms with Crippen LogP contribution in [-0.4, -0.2) is 63.9 Å². The lowest BCUT2D eigenvalue weighted by Crippen LogP contribution is -2.46. The van der Waals surface area contributed by atoms with Gasteiger partial charge in [0.15, 0.2) is 0 Å². The Hall–Kier alpha value is -1.96. The van der Waals surface area contributed by atoms with Crippen molar-refractivity contribution in [3.63, 3.8) is 0 Å². The van der Waals surface area contributed by atoms with Crippen LogP contribution < -0.4 is 4.90 Å². The Morgan fingerprint density at radius 3 is 2.79 bits per heavy atom. The molecule has 148 valence electrons. The van der Waals surface area contributed by atoms with Gasteiger partial charge in [0.2, 0.25) is 0 Å². The maximum atomic E-state index is 5.03. The quantitative estimate of drug-likeness (QED) is 0.677. The van der Waals surface area contributed by atoms with Gasteiger partial charge in [-0.25, -0.2) is 9.97 Å². The molecule has 5 heterocycles. The summed E-state index contributed by atoms with van der Waals surface area (Å²) in [5.74, 6) is 1.28. The van der Waals surface area contributed by atoms with E-state index in [9.17, 15) is 0 Å². The number of nitrogens with zero attached hydrogens (tertiary/aromatic N) is 6. The van der Waals surface area contributed by atoms with E-state index in [1.165, 1.54) is 34.9 Å². The fraction of sp³-hybridized carbons (Fsp3) is 0.524. The fourth-order valence-corrected chi connectivity index (χ4v) is 5.27. The second-order valence-corrected chi connectivity index (χ2v) is 9.00. The molecule has 0 bridgehead atoms. The third-order valence-electron chi connectivity index (χ3n) is 6.20. The second kappa shape index (κ2) is 7.46. The number of aromatic nitrogens is 3. The van der Waals surface area contributed by atoms with E-state index in [-0.39, 0.29) is 0 Å². The first-order chi connectivity index (χ1) is 13.7. The number of pyridine rings is 1. The molecule has 0 unspecified atom stereocenters. The molecule has 0 N–H and O–H groups in total. The average Bonchev–Trinajstić information content (AvgIpc) is 3.44. The van der Waals surface area contributed by atoms with Crippen molar-refractivity contribution in [1.29, 1.82) is 0 Å². The lowest BCUT2D eigenvalue weighted by Gasteiger charge is -2.38. The monoisotopic (exact) mass is 396 g/mol. The van der Waals surface area contributed by atoms with Gasteiger partial charge >= 0.3 is 0 Å². The lowest BCUT2D eigenvalue weighted by molar-refractivity contribution is 0.0891. The molecule has 0 spiro atoms. The molecule has 3 aromatic heterocycles. The molecule has 0 amide bonds. The Balaban J connectivity index is 1.41. The van der Waals surface area contributed by atoms with Gasteiger partial charge < -0.3 is 4.90 Å². The first-order valence-electron chi connectivity index (χ1n) is 10.2. The zero-order valence-electron chi connectivity index (χ0n) is 16.7. The summed E-state index contributed by atoms with van der Waals surface area (Å²) in [6, 6.07) is 6.83.